The molecule has 3 heteroatoms. The molecular weight excluding hydrogens is 155 g/mol. The monoisotopic (exact) mass is 163 g/mol. The average Bonchev–Trinajstić information content (AvgIpc) is 2.50. The SMILES string of the molecule is FCCn1ncc2c[c]ccc21. The van der Waals surface area contributed by atoms with Gasteiger partial charge in [-0.3, -0.25) is 4.68 Å². The molecule has 2 rings (SSSR count). The summed E-state index contributed by atoms with van der Waals surface area (Å²) in [5.41, 5.74) is 0.964. The summed E-state index contributed by atoms with van der Waals surface area (Å²) < 4.78 is 13.7. The normalized spacial score (nSPS) is 10.8. The van der Waals surface area contributed by atoms with Crippen LogP contribution in [0.2, 0.25) is 0 Å². The van der Waals surface area contributed by atoms with E-state index >= 15 is 0 Å². The van der Waals surface area contributed by atoms with Crippen LogP contribution in [0.15, 0.2) is 24.4 Å². The van der Waals surface area contributed by atoms with Crippen LogP contribution in [0.5, 0.6) is 0 Å². The van der Waals surface area contributed by atoms with Gasteiger partial charge in [0.2, 0.25) is 0 Å². The minimum Gasteiger partial charge on any atom is -0.262 e. The molecule has 0 saturated heterocycles. The maximum Gasteiger partial charge on any atom is 0.109 e. The van der Waals surface area contributed by atoms with Crippen molar-refractivity contribution in [3.05, 3.63) is 30.5 Å². The summed E-state index contributed by atoms with van der Waals surface area (Å²) in [6.07, 6.45) is 1.72. The van der Waals surface area contributed by atoms with Gasteiger partial charge in [-0.15, -0.1) is 0 Å². The van der Waals surface area contributed by atoms with Gasteiger partial charge in [0.25, 0.3) is 0 Å². The van der Waals surface area contributed by atoms with Gasteiger partial charge in [0.05, 0.1) is 18.3 Å². The van der Waals surface area contributed by atoms with Crippen LogP contribution in [-0.2, 0) is 6.54 Å². The molecule has 61 valence electrons. The van der Waals surface area contributed by atoms with Gasteiger partial charge < -0.3 is 0 Å². The first-order valence-corrected chi connectivity index (χ1v) is 3.79. The summed E-state index contributed by atoms with van der Waals surface area (Å²) in [7, 11) is 0. The summed E-state index contributed by atoms with van der Waals surface area (Å²) >= 11 is 0. The molecule has 2 nitrogen and oxygen atoms in total. The fraction of sp³-hybridized carbons (Fsp3) is 0.222. The second kappa shape index (κ2) is 2.93. The Balaban J connectivity index is 2.55. The van der Waals surface area contributed by atoms with Crippen molar-refractivity contribution in [2.45, 2.75) is 6.54 Å². The van der Waals surface area contributed by atoms with Gasteiger partial charge >= 0.3 is 0 Å². The molecule has 1 aromatic carbocycles. The number of fused-ring (bicyclic) bond motifs is 1. The van der Waals surface area contributed by atoms with E-state index in [0.717, 1.165) is 10.9 Å². The Morgan fingerprint density at radius 2 is 2.50 bits per heavy atom. The number of alkyl halides is 1. The molecule has 1 radical (unpaired) electrons. The largest absolute Gasteiger partial charge is 0.262 e. The summed E-state index contributed by atoms with van der Waals surface area (Å²) in [6, 6.07) is 8.48. The summed E-state index contributed by atoms with van der Waals surface area (Å²) in [4.78, 5) is 0. The van der Waals surface area contributed by atoms with E-state index in [-0.39, 0.29) is 6.67 Å². The number of aryl methyl sites for hydroxylation is 1. The lowest BCUT2D eigenvalue weighted by Gasteiger charge is -1.97. The Morgan fingerprint density at radius 1 is 1.58 bits per heavy atom. The van der Waals surface area contributed by atoms with E-state index in [1.807, 2.05) is 12.1 Å². The molecule has 1 heterocycles. The van der Waals surface area contributed by atoms with E-state index in [9.17, 15) is 4.39 Å². The molecule has 0 aliphatic carbocycles. The van der Waals surface area contributed by atoms with Crippen molar-refractivity contribution in [2.24, 2.45) is 0 Å². The highest BCUT2D eigenvalue weighted by Crippen LogP contribution is 2.11. The van der Waals surface area contributed by atoms with Crippen molar-refractivity contribution in [3.8, 4) is 0 Å². The van der Waals surface area contributed by atoms with E-state index < -0.39 is 0 Å². The van der Waals surface area contributed by atoms with Crippen molar-refractivity contribution >= 4 is 10.9 Å². The third kappa shape index (κ3) is 1.07. The van der Waals surface area contributed by atoms with Gasteiger partial charge in [0, 0.05) is 5.39 Å². The molecule has 0 amide bonds. The highest BCUT2D eigenvalue weighted by molar-refractivity contribution is 5.78. The van der Waals surface area contributed by atoms with E-state index in [4.69, 9.17) is 0 Å². The summed E-state index contributed by atoms with van der Waals surface area (Å²) in [6.45, 7) is -0.0527. The van der Waals surface area contributed by atoms with Crippen LogP contribution in [0.4, 0.5) is 4.39 Å². The van der Waals surface area contributed by atoms with Crippen LogP contribution in [-0.4, -0.2) is 16.5 Å². The topological polar surface area (TPSA) is 17.8 Å². The molecule has 0 aliphatic heterocycles. The smallest absolute Gasteiger partial charge is 0.109 e. The molecular formula is C9H8FN2. The molecule has 0 fully saturated rings. The maximum atomic E-state index is 12.0. The van der Waals surface area contributed by atoms with E-state index in [1.54, 1.807) is 16.9 Å². The van der Waals surface area contributed by atoms with Crippen LogP contribution < -0.4 is 0 Å². The minimum atomic E-state index is -0.380. The first kappa shape index (κ1) is 7.28. The van der Waals surface area contributed by atoms with Gasteiger partial charge in [-0.25, -0.2) is 4.39 Å². The summed E-state index contributed by atoms with van der Waals surface area (Å²) in [5, 5.41) is 5.05. The Morgan fingerprint density at radius 3 is 3.33 bits per heavy atom. The lowest BCUT2D eigenvalue weighted by Crippen LogP contribution is -2.00. The van der Waals surface area contributed by atoms with E-state index in [1.165, 1.54) is 0 Å². The molecule has 12 heavy (non-hydrogen) atoms. The third-order valence-corrected chi connectivity index (χ3v) is 1.78. The first-order chi connectivity index (χ1) is 5.92. The Labute approximate surface area is 69.6 Å². The fourth-order valence-corrected chi connectivity index (χ4v) is 1.23. The summed E-state index contributed by atoms with van der Waals surface area (Å²) in [5.74, 6) is 0. The van der Waals surface area contributed by atoms with Crippen LogP contribution >= 0.6 is 0 Å². The van der Waals surface area contributed by atoms with Gasteiger partial charge in [-0.2, -0.15) is 5.10 Å². The fourth-order valence-electron chi connectivity index (χ4n) is 1.23. The van der Waals surface area contributed by atoms with Gasteiger partial charge in [0.15, 0.2) is 0 Å². The van der Waals surface area contributed by atoms with E-state index in [0.29, 0.717) is 6.54 Å². The van der Waals surface area contributed by atoms with Crippen molar-refractivity contribution in [1.29, 1.82) is 0 Å². The molecule has 1 aromatic heterocycles. The lowest BCUT2D eigenvalue weighted by molar-refractivity contribution is 0.433. The Kier molecular flexibility index (Phi) is 1.78. The second-order valence-corrected chi connectivity index (χ2v) is 2.54. The molecule has 0 unspecified atom stereocenters. The number of nitrogens with zero attached hydrogens (tertiary/aromatic N) is 2. The highest BCUT2D eigenvalue weighted by Gasteiger charge is 1.99. The molecule has 0 saturated carbocycles. The molecule has 0 aliphatic rings. The van der Waals surface area contributed by atoms with Gasteiger partial charge in [-0.1, -0.05) is 6.07 Å². The Bertz CT molecular complexity index is 381. The molecule has 0 spiro atoms. The maximum absolute atomic E-state index is 12.0. The zero-order valence-corrected chi connectivity index (χ0v) is 6.50. The number of halogens is 1. The minimum absolute atomic E-state index is 0.327. The number of hydrogen-bond donors (Lipinski definition) is 0. The molecule has 0 N–H and O–H groups in total. The van der Waals surface area contributed by atoms with Crippen LogP contribution in [0.3, 0.4) is 0 Å². The third-order valence-electron chi connectivity index (χ3n) is 1.78. The molecule has 2 aromatic rings. The van der Waals surface area contributed by atoms with Gasteiger partial charge in [0.1, 0.15) is 6.67 Å². The Hall–Kier alpha value is -1.38. The van der Waals surface area contributed by atoms with Crippen molar-refractivity contribution in [1.82, 2.24) is 9.78 Å². The van der Waals surface area contributed by atoms with Crippen molar-refractivity contribution < 1.29 is 4.39 Å². The predicted octanol–water partition coefficient (Wildman–Crippen LogP) is 1.81. The zero-order chi connectivity index (χ0) is 8.39. The quantitative estimate of drug-likeness (QED) is 0.660. The average molecular weight is 163 g/mol. The molecule has 0 atom stereocenters. The second-order valence-electron chi connectivity index (χ2n) is 2.54. The number of rotatable bonds is 2. The lowest BCUT2D eigenvalue weighted by atomic mass is 10.3. The predicted molar refractivity (Wildman–Crippen MR) is 44.5 cm³/mol. The number of benzene rings is 1. The number of aromatic nitrogens is 2. The zero-order valence-electron chi connectivity index (χ0n) is 6.50. The van der Waals surface area contributed by atoms with Crippen LogP contribution in [0.1, 0.15) is 0 Å². The highest BCUT2D eigenvalue weighted by atomic mass is 19.1. The first-order valence-electron chi connectivity index (χ1n) is 3.79. The van der Waals surface area contributed by atoms with Crippen LogP contribution in [0.25, 0.3) is 10.9 Å². The standard InChI is InChI=1S/C9H8FN2/c10-5-6-12-9-4-2-1-3-8(9)7-11-12/h2-4,7H,5-6H2. The van der Waals surface area contributed by atoms with Crippen molar-refractivity contribution in [3.63, 3.8) is 0 Å². The van der Waals surface area contributed by atoms with Crippen LogP contribution in [0, 0.1) is 6.07 Å². The van der Waals surface area contributed by atoms with Crippen molar-refractivity contribution in [2.75, 3.05) is 6.67 Å². The van der Waals surface area contributed by atoms with E-state index in [2.05, 4.69) is 11.2 Å². The number of hydrogen-bond acceptors (Lipinski definition) is 1. The van der Waals surface area contributed by atoms with Gasteiger partial charge in [-0.05, 0) is 18.2 Å². The molecule has 0 bridgehead atoms.